The van der Waals surface area contributed by atoms with E-state index in [1.165, 1.54) is 37.1 Å². The molecule has 0 N–H and O–H groups in total. The zero-order chi connectivity index (χ0) is 17.0. The van der Waals surface area contributed by atoms with Crippen molar-refractivity contribution in [1.29, 1.82) is 0 Å². The van der Waals surface area contributed by atoms with Gasteiger partial charge in [-0.1, -0.05) is 25.2 Å². The highest BCUT2D eigenvalue weighted by molar-refractivity contribution is 5.57. The van der Waals surface area contributed by atoms with Crippen LogP contribution in [0.3, 0.4) is 0 Å². The molecule has 0 aromatic carbocycles. The minimum absolute atomic E-state index is 0.519. The molecule has 0 aromatic heterocycles. The number of aliphatic imine (C=N–C) groups is 1. The topological polar surface area (TPSA) is 18.8 Å². The van der Waals surface area contributed by atoms with Crippen LogP contribution in [0, 0.1) is 5.41 Å². The molecule has 0 atom stereocenters. The molecular formula is C20H33N3. The molecule has 0 unspecified atom stereocenters. The van der Waals surface area contributed by atoms with Gasteiger partial charge in [0.1, 0.15) is 5.82 Å². The maximum atomic E-state index is 4.71. The summed E-state index contributed by atoms with van der Waals surface area (Å²) in [6, 6.07) is 0. The van der Waals surface area contributed by atoms with Gasteiger partial charge in [0.25, 0.3) is 0 Å². The number of piperidine rings is 1. The van der Waals surface area contributed by atoms with Crippen LogP contribution in [-0.2, 0) is 0 Å². The Morgan fingerprint density at radius 1 is 1.22 bits per heavy atom. The second-order valence-electron chi connectivity index (χ2n) is 7.41. The van der Waals surface area contributed by atoms with E-state index in [2.05, 4.69) is 50.3 Å². The van der Waals surface area contributed by atoms with E-state index < -0.39 is 0 Å². The van der Waals surface area contributed by atoms with E-state index in [4.69, 9.17) is 4.99 Å². The number of rotatable bonds is 5. The largest absolute Gasteiger partial charge is 0.355 e. The maximum absolute atomic E-state index is 4.71. The highest BCUT2D eigenvalue weighted by atomic mass is 15.3. The first-order valence-corrected chi connectivity index (χ1v) is 8.90. The van der Waals surface area contributed by atoms with Crippen molar-refractivity contribution in [2.75, 3.05) is 33.2 Å². The fourth-order valence-electron chi connectivity index (χ4n) is 3.49. The fourth-order valence-corrected chi connectivity index (χ4v) is 3.49. The minimum Gasteiger partial charge on any atom is -0.355 e. The second-order valence-corrected chi connectivity index (χ2v) is 7.41. The average molecular weight is 316 g/mol. The summed E-state index contributed by atoms with van der Waals surface area (Å²) < 4.78 is 0. The molecule has 0 aliphatic carbocycles. The van der Waals surface area contributed by atoms with Gasteiger partial charge in [0, 0.05) is 30.3 Å². The molecule has 3 nitrogen and oxygen atoms in total. The van der Waals surface area contributed by atoms with Crippen LogP contribution in [0.25, 0.3) is 0 Å². The van der Waals surface area contributed by atoms with Crippen LogP contribution < -0.4 is 0 Å². The fraction of sp³-hybridized carbons (Fsp3) is 0.650. The Morgan fingerprint density at radius 3 is 2.30 bits per heavy atom. The normalized spacial score (nSPS) is 23.2. The highest BCUT2D eigenvalue weighted by Crippen LogP contribution is 2.43. The number of hydrogen-bond acceptors (Lipinski definition) is 3. The average Bonchev–Trinajstić information content (AvgIpc) is 2.49. The molecule has 23 heavy (non-hydrogen) atoms. The Labute approximate surface area is 142 Å². The van der Waals surface area contributed by atoms with Gasteiger partial charge in [-0.25, -0.2) is 4.99 Å². The van der Waals surface area contributed by atoms with Crippen LogP contribution in [0.15, 0.2) is 40.2 Å². The zero-order valence-corrected chi connectivity index (χ0v) is 15.7. The molecular weight excluding hydrogens is 282 g/mol. The molecule has 0 saturated carbocycles. The third-order valence-corrected chi connectivity index (χ3v) is 5.30. The molecule has 3 heteroatoms. The lowest BCUT2D eigenvalue weighted by molar-refractivity contribution is -0.0223. The van der Waals surface area contributed by atoms with Crippen LogP contribution in [0.4, 0.5) is 0 Å². The Bertz CT molecular complexity index is 523. The number of likely N-dealkylation sites (tertiary alicyclic amines) is 2. The lowest BCUT2D eigenvalue weighted by Gasteiger charge is -2.54. The van der Waals surface area contributed by atoms with Crippen molar-refractivity contribution in [1.82, 2.24) is 9.80 Å². The van der Waals surface area contributed by atoms with Crippen molar-refractivity contribution >= 4 is 6.21 Å². The maximum Gasteiger partial charge on any atom is 0.135 e. The van der Waals surface area contributed by atoms with Crippen molar-refractivity contribution in [2.45, 2.75) is 47.0 Å². The SMILES string of the molecule is C=C(C)C(/C=C(\C)CC)=C(\N=CC)N1CC2(CCN(C)CC2)C1. The summed E-state index contributed by atoms with van der Waals surface area (Å²) in [7, 11) is 2.23. The van der Waals surface area contributed by atoms with Gasteiger partial charge in [-0.15, -0.1) is 0 Å². The van der Waals surface area contributed by atoms with Gasteiger partial charge in [-0.2, -0.15) is 0 Å². The monoisotopic (exact) mass is 315 g/mol. The van der Waals surface area contributed by atoms with Crippen molar-refractivity contribution in [3.05, 3.63) is 35.2 Å². The standard InChI is InChI=1S/C20H33N3/c1-7-17(5)13-18(16(3)4)19(21-8-2)23-14-20(15-23)9-11-22(6)12-10-20/h8,13H,3,7,9-12,14-15H2,1-2,4-6H3/b17-13+,19-18+,21-8?. The van der Waals surface area contributed by atoms with Gasteiger partial charge in [0.2, 0.25) is 0 Å². The predicted molar refractivity (Wildman–Crippen MR) is 101 cm³/mol. The second kappa shape index (κ2) is 7.48. The Morgan fingerprint density at radius 2 is 1.83 bits per heavy atom. The highest BCUT2D eigenvalue weighted by Gasteiger charge is 2.45. The Balaban J connectivity index is 2.22. The van der Waals surface area contributed by atoms with Crippen LogP contribution in [0.1, 0.15) is 47.0 Å². The first kappa shape index (κ1) is 18.0. The van der Waals surface area contributed by atoms with Gasteiger partial charge in [-0.05, 0) is 65.7 Å². The summed E-state index contributed by atoms with van der Waals surface area (Å²) in [5.41, 5.74) is 4.19. The van der Waals surface area contributed by atoms with Crippen LogP contribution in [0.2, 0.25) is 0 Å². The molecule has 2 rings (SSSR count). The zero-order valence-electron chi connectivity index (χ0n) is 15.7. The van der Waals surface area contributed by atoms with Gasteiger partial charge >= 0.3 is 0 Å². The number of hydrogen-bond donors (Lipinski definition) is 0. The van der Waals surface area contributed by atoms with E-state index in [-0.39, 0.29) is 0 Å². The smallest absolute Gasteiger partial charge is 0.135 e. The van der Waals surface area contributed by atoms with Crippen LogP contribution in [0.5, 0.6) is 0 Å². The van der Waals surface area contributed by atoms with Crippen molar-refractivity contribution in [3.8, 4) is 0 Å². The quantitative estimate of drug-likeness (QED) is 0.558. The minimum atomic E-state index is 0.519. The first-order valence-electron chi connectivity index (χ1n) is 8.90. The van der Waals surface area contributed by atoms with E-state index in [1.807, 2.05) is 13.1 Å². The van der Waals surface area contributed by atoms with Gasteiger partial charge in [-0.3, -0.25) is 0 Å². The Hall–Kier alpha value is -1.35. The van der Waals surface area contributed by atoms with E-state index in [0.29, 0.717) is 5.41 Å². The molecule has 0 bridgehead atoms. The van der Waals surface area contributed by atoms with Gasteiger partial charge in [0.15, 0.2) is 0 Å². The van der Waals surface area contributed by atoms with Gasteiger partial charge < -0.3 is 9.80 Å². The third-order valence-electron chi connectivity index (χ3n) is 5.30. The van der Waals surface area contributed by atoms with Crippen molar-refractivity contribution < 1.29 is 0 Å². The lowest BCUT2D eigenvalue weighted by Crippen LogP contribution is -2.59. The van der Waals surface area contributed by atoms with E-state index >= 15 is 0 Å². The Kier molecular flexibility index (Phi) is 5.85. The summed E-state index contributed by atoms with van der Waals surface area (Å²) in [5.74, 6) is 1.11. The molecule has 2 heterocycles. The molecule has 2 aliphatic rings. The molecule has 0 amide bonds. The van der Waals surface area contributed by atoms with Crippen molar-refractivity contribution in [2.24, 2.45) is 10.4 Å². The van der Waals surface area contributed by atoms with Gasteiger partial charge in [0.05, 0.1) is 0 Å². The summed E-state index contributed by atoms with van der Waals surface area (Å²) >= 11 is 0. The van der Waals surface area contributed by atoms with E-state index in [1.54, 1.807) is 0 Å². The molecule has 0 aromatic rings. The summed E-state index contributed by atoms with van der Waals surface area (Å²) in [6.07, 6.45) is 7.87. The van der Waals surface area contributed by atoms with E-state index in [0.717, 1.165) is 30.9 Å². The molecule has 2 saturated heterocycles. The van der Waals surface area contributed by atoms with E-state index in [9.17, 15) is 0 Å². The summed E-state index contributed by atoms with van der Waals surface area (Å²) in [6.45, 7) is 17.4. The van der Waals surface area contributed by atoms with Crippen LogP contribution >= 0.6 is 0 Å². The third kappa shape index (κ3) is 4.14. The van der Waals surface area contributed by atoms with Crippen molar-refractivity contribution in [3.63, 3.8) is 0 Å². The first-order chi connectivity index (χ1) is 10.9. The number of allylic oxidation sites excluding steroid dienone is 4. The predicted octanol–water partition coefficient (Wildman–Crippen LogP) is 4.25. The number of nitrogens with zero attached hydrogens (tertiary/aromatic N) is 3. The molecule has 2 aliphatic heterocycles. The molecule has 128 valence electrons. The molecule has 2 fully saturated rings. The van der Waals surface area contributed by atoms with Crippen LogP contribution in [-0.4, -0.2) is 49.2 Å². The summed E-state index contributed by atoms with van der Waals surface area (Å²) in [4.78, 5) is 9.61. The summed E-state index contributed by atoms with van der Waals surface area (Å²) in [5, 5.41) is 0. The lowest BCUT2D eigenvalue weighted by atomic mass is 9.72. The molecule has 0 radical (unpaired) electrons. The molecule has 1 spiro atoms.